The summed E-state index contributed by atoms with van der Waals surface area (Å²) in [7, 11) is 0. The van der Waals surface area contributed by atoms with E-state index in [1.54, 1.807) is 12.1 Å². The standard InChI is InChI=1S/C19H23NO3/c1-4-13-22-17-9-5-15(6-10-17)19(21)20-16-7-11-18(12-8-16)23-14(2)3/h5-12,14H,4,13H2,1-3H3,(H,20,21). The summed E-state index contributed by atoms with van der Waals surface area (Å²) in [6.45, 7) is 6.68. The lowest BCUT2D eigenvalue weighted by Crippen LogP contribution is -2.12. The summed E-state index contributed by atoms with van der Waals surface area (Å²) in [4.78, 5) is 12.2. The maximum atomic E-state index is 12.2. The third-order valence-corrected chi connectivity index (χ3v) is 3.07. The van der Waals surface area contributed by atoms with Gasteiger partial charge in [-0.15, -0.1) is 0 Å². The van der Waals surface area contributed by atoms with Crippen LogP contribution in [0.2, 0.25) is 0 Å². The summed E-state index contributed by atoms with van der Waals surface area (Å²) in [5.74, 6) is 1.42. The van der Waals surface area contributed by atoms with E-state index in [1.807, 2.05) is 50.2 Å². The average molecular weight is 313 g/mol. The fraction of sp³-hybridized carbons (Fsp3) is 0.316. The highest BCUT2D eigenvalue weighted by atomic mass is 16.5. The van der Waals surface area contributed by atoms with Crippen molar-refractivity contribution < 1.29 is 14.3 Å². The van der Waals surface area contributed by atoms with Gasteiger partial charge in [-0.25, -0.2) is 0 Å². The lowest BCUT2D eigenvalue weighted by atomic mass is 10.2. The van der Waals surface area contributed by atoms with Crippen LogP contribution in [0.1, 0.15) is 37.6 Å². The zero-order valence-corrected chi connectivity index (χ0v) is 13.8. The van der Waals surface area contributed by atoms with E-state index in [1.165, 1.54) is 0 Å². The molecule has 23 heavy (non-hydrogen) atoms. The van der Waals surface area contributed by atoms with Crippen molar-refractivity contribution in [1.82, 2.24) is 0 Å². The molecule has 2 rings (SSSR count). The van der Waals surface area contributed by atoms with Crippen LogP contribution in [0.25, 0.3) is 0 Å². The smallest absolute Gasteiger partial charge is 0.255 e. The summed E-state index contributed by atoms with van der Waals surface area (Å²) in [6.07, 6.45) is 1.09. The number of hydrogen-bond acceptors (Lipinski definition) is 3. The molecule has 4 nitrogen and oxygen atoms in total. The molecule has 2 aromatic rings. The Bertz CT molecular complexity index is 618. The van der Waals surface area contributed by atoms with Crippen LogP contribution in [0.3, 0.4) is 0 Å². The van der Waals surface area contributed by atoms with Crippen LogP contribution < -0.4 is 14.8 Å². The van der Waals surface area contributed by atoms with Crippen LogP contribution in [0.5, 0.6) is 11.5 Å². The number of amides is 1. The highest BCUT2D eigenvalue weighted by molar-refractivity contribution is 6.04. The van der Waals surface area contributed by atoms with Gasteiger partial charge >= 0.3 is 0 Å². The highest BCUT2D eigenvalue weighted by Gasteiger charge is 2.07. The molecule has 0 aliphatic carbocycles. The first-order valence-electron chi connectivity index (χ1n) is 7.89. The number of rotatable bonds is 7. The molecule has 1 N–H and O–H groups in total. The molecule has 2 aromatic carbocycles. The van der Waals surface area contributed by atoms with Crippen molar-refractivity contribution in [2.75, 3.05) is 11.9 Å². The molecule has 0 bridgehead atoms. The fourth-order valence-corrected chi connectivity index (χ4v) is 2.01. The topological polar surface area (TPSA) is 47.6 Å². The van der Waals surface area contributed by atoms with Crippen molar-refractivity contribution in [2.24, 2.45) is 0 Å². The molecule has 0 saturated heterocycles. The van der Waals surface area contributed by atoms with Gasteiger partial charge in [0.05, 0.1) is 12.7 Å². The molecule has 0 aliphatic heterocycles. The van der Waals surface area contributed by atoms with E-state index >= 15 is 0 Å². The monoisotopic (exact) mass is 313 g/mol. The Hall–Kier alpha value is -2.49. The van der Waals surface area contributed by atoms with Crippen LogP contribution >= 0.6 is 0 Å². The van der Waals surface area contributed by atoms with E-state index in [0.717, 1.165) is 23.6 Å². The predicted octanol–water partition coefficient (Wildman–Crippen LogP) is 4.51. The minimum Gasteiger partial charge on any atom is -0.494 e. The van der Waals surface area contributed by atoms with E-state index in [2.05, 4.69) is 12.2 Å². The Labute approximate surface area is 137 Å². The van der Waals surface area contributed by atoms with E-state index in [4.69, 9.17) is 9.47 Å². The quantitative estimate of drug-likeness (QED) is 0.818. The van der Waals surface area contributed by atoms with Crippen LogP contribution in [-0.4, -0.2) is 18.6 Å². The van der Waals surface area contributed by atoms with Gasteiger partial charge in [0.25, 0.3) is 5.91 Å². The summed E-state index contributed by atoms with van der Waals surface area (Å²) in [5, 5.41) is 2.87. The Balaban J connectivity index is 1.95. The van der Waals surface area contributed by atoms with Gasteiger partial charge in [-0.3, -0.25) is 4.79 Å². The number of carbonyl (C=O) groups is 1. The lowest BCUT2D eigenvalue weighted by molar-refractivity contribution is 0.102. The number of hydrogen-bond donors (Lipinski definition) is 1. The largest absolute Gasteiger partial charge is 0.494 e. The number of anilines is 1. The molecular weight excluding hydrogens is 290 g/mol. The third kappa shape index (κ3) is 5.33. The first-order valence-corrected chi connectivity index (χ1v) is 7.89. The first-order chi connectivity index (χ1) is 11.1. The third-order valence-electron chi connectivity index (χ3n) is 3.07. The van der Waals surface area contributed by atoms with E-state index in [9.17, 15) is 4.79 Å². The number of ether oxygens (including phenoxy) is 2. The molecule has 0 aromatic heterocycles. The van der Waals surface area contributed by atoms with Gasteiger partial charge < -0.3 is 14.8 Å². The Morgan fingerprint density at radius 1 is 1.00 bits per heavy atom. The second-order valence-corrected chi connectivity index (χ2v) is 5.52. The molecule has 0 fully saturated rings. The summed E-state index contributed by atoms with van der Waals surface area (Å²) in [5.41, 5.74) is 1.33. The maximum absolute atomic E-state index is 12.2. The van der Waals surface area contributed by atoms with Crippen LogP contribution in [0, 0.1) is 0 Å². The summed E-state index contributed by atoms with van der Waals surface area (Å²) < 4.78 is 11.1. The van der Waals surface area contributed by atoms with Crippen LogP contribution in [0.15, 0.2) is 48.5 Å². The van der Waals surface area contributed by atoms with Gasteiger partial charge in [-0.2, -0.15) is 0 Å². The minimum atomic E-state index is -0.149. The molecule has 122 valence electrons. The van der Waals surface area contributed by atoms with Crippen LogP contribution in [-0.2, 0) is 0 Å². The number of benzene rings is 2. The van der Waals surface area contributed by atoms with Gasteiger partial charge in [0.1, 0.15) is 11.5 Å². The molecule has 0 aliphatic rings. The van der Waals surface area contributed by atoms with Crippen molar-refractivity contribution in [2.45, 2.75) is 33.3 Å². The molecule has 4 heteroatoms. The molecular formula is C19H23NO3. The zero-order valence-electron chi connectivity index (χ0n) is 13.8. The molecule has 0 heterocycles. The van der Waals surface area contributed by atoms with Crippen molar-refractivity contribution in [1.29, 1.82) is 0 Å². The fourth-order valence-electron chi connectivity index (χ4n) is 2.01. The second kappa shape index (κ2) is 8.22. The SMILES string of the molecule is CCCOc1ccc(C(=O)Nc2ccc(OC(C)C)cc2)cc1. The van der Waals surface area contributed by atoms with Gasteiger partial charge in [-0.05, 0) is 68.8 Å². The molecule has 0 atom stereocenters. The highest BCUT2D eigenvalue weighted by Crippen LogP contribution is 2.18. The van der Waals surface area contributed by atoms with Crippen LogP contribution in [0.4, 0.5) is 5.69 Å². The van der Waals surface area contributed by atoms with Crippen molar-refractivity contribution in [3.8, 4) is 11.5 Å². The van der Waals surface area contributed by atoms with Crippen molar-refractivity contribution in [3.63, 3.8) is 0 Å². The Kier molecular flexibility index (Phi) is 6.03. The number of nitrogens with one attached hydrogen (secondary N) is 1. The predicted molar refractivity (Wildman–Crippen MR) is 92.4 cm³/mol. The summed E-state index contributed by atoms with van der Waals surface area (Å²) >= 11 is 0. The molecule has 0 spiro atoms. The van der Waals surface area contributed by atoms with Gasteiger partial charge in [0, 0.05) is 11.3 Å². The maximum Gasteiger partial charge on any atom is 0.255 e. The molecule has 0 radical (unpaired) electrons. The number of carbonyl (C=O) groups excluding carboxylic acids is 1. The second-order valence-electron chi connectivity index (χ2n) is 5.52. The van der Waals surface area contributed by atoms with E-state index in [0.29, 0.717) is 12.2 Å². The zero-order chi connectivity index (χ0) is 16.7. The Morgan fingerprint density at radius 2 is 1.61 bits per heavy atom. The van der Waals surface area contributed by atoms with E-state index < -0.39 is 0 Å². The van der Waals surface area contributed by atoms with E-state index in [-0.39, 0.29) is 12.0 Å². The van der Waals surface area contributed by atoms with Gasteiger partial charge in [-0.1, -0.05) is 6.92 Å². The molecule has 0 saturated carbocycles. The van der Waals surface area contributed by atoms with Gasteiger partial charge in [0.2, 0.25) is 0 Å². The van der Waals surface area contributed by atoms with Crippen molar-refractivity contribution in [3.05, 3.63) is 54.1 Å². The summed E-state index contributed by atoms with van der Waals surface area (Å²) in [6, 6.07) is 14.5. The van der Waals surface area contributed by atoms with Gasteiger partial charge in [0.15, 0.2) is 0 Å². The normalized spacial score (nSPS) is 10.4. The molecule has 0 unspecified atom stereocenters. The van der Waals surface area contributed by atoms with Crippen molar-refractivity contribution >= 4 is 11.6 Å². The lowest BCUT2D eigenvalue weighted by Gasteiger charge is -2.11. The first kappa shape index (κ1) is 16.9. The minimum absolute atomic E-state index is 0.129. The average Bonchev–Trinajstić information content (AvgIpc) is 2.54. The molecule has 1 amide bonds. The Morgan fingerprint density at radius 3 is 2.17 bits per heavy atom.